The maximum atomic E-state index is 12.7. The van der Waals surface area contributed by atoms with Crippen LogP contribution in [-0.2, 0) is 18.4 Å². The van der Waals surface area contributed by atoms with E-state index in [1.165, 1.54) is 0 Å². The summed E-state index contributed by atoms with van der Waals surface area (Å²) in [7, 11) is 1.81. The SMILES string of the molecule is Cn1c(=O)c(CN2CCCC[C@H]2CCC(=O)O)cc2ccccc21. The summed E-state index contributed by atoms with van der Waals surface area (Å²) in [4.78, 5) is 25.8. The van der Waals surface area contributed by atoms with E-state index in [9.17, 15) is 9.59 Å². The molecule has 5 nitrogen and oxygen atoms in total. The molecule has 2 aromatic rings. The van der Waals surface area contributed by atoms with Crippen molar-refractivity contribution in [1.29, 1.82) is 0 Å². The molecular formula is C19H24N2O3. The number of likely N-dealkylation sites (tertiary alicyclic amines) is 1. The number of hydrogen-bond acceptors (Lipinski definition) is 3. The number of piperidine rings is 1. The third kappa shape index (κ3) is 3.51. The normalized spacial score (nSPS) is 18.8. The fourth-order valence-corrected chi connectivity index (χ4v) is 3.71. The Balaban J connectivity index is 1.86. The molecule has 1 aliphatic rings. The van der Waals surface area contributed by atoms with Gasteiger partial charge in [0.05, 0.1) is 5.52 Å². The zero-order valence-corrected chi connectivity index (χ0v) is 14.1. The van der Waals surface area contributed by atoms with Gasteiger partial charge in [0.1, 0.15) is 0 Å². The summed E-state index contributed by atoms with van der Waals surface area (Å²) in [5.74, 6) is -0.748. The number of aliphatic carboxylic acids is 1. The van der Waals surface area contributed by atoms with Crippen LogP contribution in [0.25, 0.3) is 10.9 Å². The number of benzene rings is 1. The van der Waals surface area contributed by atoms with Gasteiger partial charge in [0, 0.05) is 31.6 Å². The van der Waals surface area contributed by atoms with E-state index >= 15 is 0 Å². The van der Waals surface area contributed by atoms with E-state index in [1.54, 1.807) is 4.57 Å². The van der Waals surface area contributed by atoms with Gasteiger partial charge >= 0.3 is 5.97 Å². The molecule has 0 amide bonds. The second-order valence-corrected chi connectivity index (χ2v) is 6.65. The van der Waals surface area contributed by atoms with Gasteiger partial charge < -0.3 is 9.67 Å². The molecule has 128 valence electrons. The standard InChI is InChI=1S/C19H24N2O3/c1-20-17-8-3-2-6-14(17)12-15(19(20)24)13-21-11-5-4-7-16(21)9-10-18(22)23/h2-3,6,8,12,16H,4-5,7,9-11,13H2,1H3,(H,22,23)/t16-/m0/s1. The highest BCUT2D eigenvalue weighted by Crippen LogP contribution is 2.23. The quantitative estimate of drug-likeness (QED) is 0.917. The van der Waals surface area contributed by atoms with Crippen molar-refractivity contribution in [2.24, 2.45) is 7.05 Å². The van der Waals surface area contributed by atoms with Crippen LogP contribution in [-0.4, -0.2) is 33.1 Å². The lowest BCUT2D eigenvalue weighted by Gasteiger charge is -2.35. The van der Waals surface area contributed by atoms with Crippen molar-refractivity contribution < 1.29 is 9.90 Å². The number of rotatable bonds is 5. The van der Waals surface area contributed by atoms with E-state index in [2.05, 4.69) is 4.90 Å². The molecular weight excluding hydrogens is 304 g/mol. The molecule has 1 aromatic heterocycles. The van der Waals surface area contributed by atoms with Gasteiger partial charge in [-0.25, -0.2) is 0 Å². The minimum atomic E-state index is -0.748. The van der Waals surface area contributed by atoms with Gasteiger partial charge in [-0.1, -0.05) is 24.6 Å². The second-order valence-electron chi connectivity index (χ2n) is 6.65. The molecule has 0 saturated carbocycles. The Morgan fingerprint density at radius 3 is 2.88 bits per heavy atom. The van der Waals surface area contributed by atoms with Gasteiger partial charge in [-0.2, -0.15) is 0 Å². The maximum absolute atomic E-state index is 12.7. The molecule has 0 spiro atoms. The average molecular weight is 328 g/mol. The van der Waals surface area contributed by atoms with Crippen molar-refractivity contribution >= 4 is 16.9 Å². The largest absolute Gasteiger partial charge is 0.481 e. The maximum Gasteiger partial charge on any atom is 0.303 e. The monoisotopic (exact) mass is 328 g/mol. The summed E-state index contributed by atoms with van der Waals surface area (Å²) in [5, 5.41) is 10.0. The first kappa shape index (κ1) is 16.7. The highest BCUT2D eigenvalue weighted by atomic mass is 16.4. The van der Waals surface area contributed by atoms with Crippen LogP contribution in [0.5, 0.6) is 0 Å². The third-order valence-electron chi connectivity index (χ3n) is 5.02. The van der Waals surface area contributed by atoms with Gasteiger partial charge in [-0.05, 0) is 43.3 Å². The molecule has 2 heterocycles. The highest BCUT2D eigenvalue weighted by molar-refractivity contribution is 5.79. The van der Waals surface area contributed by atoms with Gasteiger partial charge in [0.2, 0.25) is 0 Å². The Kier molecular flexibility index (Phi) is 5.00. The average Bonchev–Trinajstić information content (AvgIpc) is 2.58. The summed E-state index contributed by atoms with van der Waals surface area (Å²) in [5.41, 5.74) is 1.77. The molecule has 1 saturated heterocycles. The van der Waals surface area contributed by atoms with Gasteiger partial charge in [-0.15, -0.1) is 0 Å². The fourth-order valence-electron chi connectivity index (χ4n) is 3.71. The lowest BCUT2D eigenvalue weighted by Crippen LogP contribution is -2.40. The van der Waals surface area contributed by atoms with E-state index < -0.39 is 5.97 Å². The number of aryl methyl sites for hydroxylation is 1. The topological polar surface area (TPSA) is 62.5 Å². The number of carboxylic acids is 1. The first-order valence-electron chi connectivity index (χ1n) is 8.60. The Morgan fingerprint density at radius 1 is 1.29 bits per heavy atom. The van der Waals surface area contributed by atoms with Gasteiger partial charge in [0.15, 0.2) is 0 Å². The molecule has 0 aliphatic carbocycles. The lowest BCUT2D eigenvalue weighted by molar-refractivity contribution is -0.137. The molecule has 1 atom stereocenters. The van der Waals surface area contributed by atoms with Crippen molar-refractivity contribution in [2.75, 3.05) is 6.54 Å². The number of carbonyl (C=O) groups is 1. The zero-order chi connectivity index (χ0) is 17.1. The van der Waals surface area contributed by atoms with Crippen LogP contribution in [0.4, 0.5) is 0 Å². The summed E-state index contributed by atoms with van der Waals surface area (Å²) >= 11 is 0. The molecule has 5 heteroatoms. The number of carboxylic acid groups (broad SMARTS) is 1. The first-order chi connectivity index (χ1) is 11.6. The molecule has 1 aliphatic heterocycles. The van der Waals surface area contributed by atoms with Crippen molar-refractivity contribution in [3.8, 4) is 0 Å². The van der Waals surface area contributed by atoms with Gasteiger partial charge in [-0.3, -0.25) is 14.5 Å². The number of para-hydroxylation sites is 1. The second kappa shape index (κ2) is 7.18. The number of nitrogens with zero attached hydrogens (tertiary/aromatic N) is 2. The van der Waals surface area contributed by atoms with E-state index in [1.807, 2.05) is 37.4 Å². The number of fused-ring (bicyclic) bond motifs is 1. The van der Waals surface area contributed by atoms with Crippen LogP contribution in [0, 0.1) is 0 Å². The van der Waals surface area contributed by atoms with Crippen molar-refractivity contribution in [3.05, 3.63) is 46.2 Å². The fraction of sp³-hybridized carbons (Fsp3) is 0.474. The predicted molar refractivity (Wildman–Crippen MR) is 94.1 cm³/mol. The summed E-state index contributed by atoms with van der Waals surface area (Å²) in [6.45, 7) is 1.53. The Bertz CT molecular complexity index is 797. The first-order valence-corrected chi connectivity index (χ1v) is 8.60. The Labute approximate surface area is 141 Å². The third-order valence-corrected chi connectivity index (χ3v) is 5.02. The summed E-state index contributed by atoms with van der Waals surface area (Å²) in [6.07, 6.45) is 4.11. The summed E-state index contributed by atoms with van der Waals surface area (Å²) < 4.78 is 1.71. The zero-order valence-electron chi connectivity index (χ0n) is 14.1. The minimum absolute atomic E-state index is 0.0382. The lowest BCUT2D eigenvalue weighted by atomic mass is 9.97. The van der Waals surface area contributed by atoms with Crippen LogP contribution in [0.1, 0.15) is 37.7 Å². The molecule has 1 fully saturated rings. The van der Waals surface area contributed by atoms with Gasteiger partial charge in [0.25, 0.3) is 5.56 Å². The molecule has 0 bridgehead atoms. The highest BCUT2D eigenvalue weighted by Gasteiger charge is 2.24. The molecule has 3 rings (SSSR count). The van der Waals surface area contributed by atoms with Crippen LogP contribution in [0.3, 0.4) is 0 Å². The minimum Gasteiger partial charge on any atom is -0.481 e. The van der Waals surface area contributed by atoms with Crippen LogP contribution < -0.4 is 5.56 Å². The number of aromatic nitrogens is 1. The molecule has 24 heavy (non-hydrogen) atoms. The van der Waals surface area contributed by atoms with E-state index in [-0.39, 0.29) is 18.0 Å². The van der Waals surface area contributed by atoms with E-state index in [0.717, 1.165) is 42.3 Å². The molecule has 1 N–H and O–H groups in total. The molecule has 1 aromatic carbocycles. The smallest absolute Gasteiger partial charge is 0.303 e. The molecule has 0 radical (unpaired) electrons. The van der Waals surface area contributed by atoms with Crippen molar-refractivity contribution in [3.63, 3.8) is 0 Å². The van der Waals surface area contributed by atoms with Crippen LogP contribution in [0.2, 0.25) is 0 Å². The number of pyridine rings is 1. The Morgan fingerprint density at radius 2 is 2.08 bits per heavy atom. The van der Waals surface area contributed by atoms with Crippen LogP contribution in [0.15, 0.2) is 35.1 Å². The molecule has 0 unspecified atom stereocenters. The van der Waals surface area contributed by atoms with E-state index in [0.29, 0.717) is 13.0 Å². The van der Waals surface area contributed by atoms with Crippen LogP contribution >= 0.6 is 0 Å². The summed E-state index contributed by atoms with van der Waals surface area (Å²) in [6, 6.07) is 10.1. The van der Waals surface area contributed by atoms with E-state index in [4.69, 9.17) is 5.11 Å². The van der Waals surface area contributed by atoms with Crippen molar-refractivity contribution in [1.82, 2.24) is 9.47 Å². The van der Waals surface area contributed by atoms with Crippen molar-refractivity contribution in [2.45, 2.75) is 44.7 Å². The predicted octanol–water partition coefficient (Wildman–Crippen LogP) is 2.76. The number of hydrogen-bond donors (Lipinski definition) is 1. The Hall–Kier alpha value is -2.14.